The molecule has 0 radical (unpaired) electrons. The van der Waals surface area contributed by atoms with Gasteiger partial charge in [0.25, 0.3) is 11.6 Å². The number of aromatic nitrogens is 2. The molecule has 1 aliphatic heterocycles. The van der Waals surface area contributed by atoms with Crippen molar-refractivity contribution in [1.82, 2.24) is 15.0 Å². The fourth-order valence-corrected chi connectivity index (χ4v) is 3.98. The summed E-state index contributed by atoms with van der Waals surface area (Å²) in [4.78, 5) is 31.4. The molecule has 1 saturated heterocycles. The van der Waals surface area contributed by atoms with Crippen LogP contribution in [0, 0.1) is 12.3 Å². The Bertz CT molecular complexity index is 900. The second kappa shape index (κ2) is 6.60. The van der Waals surface area contributed by atoms with Crippen LogP contribution in [0.15, 0.2) is 10.6 Å². The lowest BCUT2D eigenvalue weighted by molar-refractivity contribution is -0.155. The summed E-state index contributed by atoms with van der Waals surface area (Å²) in [5.74, 6) is -0.766. The SMILES string of the molecule is COCC1(C(=O)O)CCCN(C(=O)c2cc(C3CC3)nc3onc(C)c23)C1. The van der Waals surface area contributed by atoms with Crippen LogP contribution in [0.1, 0.15) is 53.3 Å². The van der Waals surface area contributed by atoms with Crippen LogP contribution in [0.3, 0.4) is 0 Å². The standard InChI is InChI=1S/C19H23N3O5/c1-11-15-13(8-14(12-4-5-12)20-16(15)27-21-11)17(23)22-7-3-6-19(9-22,10-26-2)18(24)25/h8,12H,3-7,9-10H2,1-2H3,(H,24,25). The van der Waals surface area contributed by atoms with Crippen LogP contribution in [-0.4, -0.2) is 58.8 Å². The van der Waals surface area contributed by atoms with Gasteiger partial charge in [0.2, 0.25) is 0 Å². The lowest BCUT2D eigenvalue weighted by Gasteiger charge is -2.39. The highest BCUT2D eigenvalue weighted by molar-refractivity contribution is 6.06. The van der Waals surface area contributed by atoms with E-state index in [1.54, 1.807) is 11.8 Å². The van der Waals surface area contributed by atoms with Crippen molar-refractivity contribution in [3.63, 3.8) is 0 Å². The number of ether oxygens (including phenoxy) is 1. The van der Waals surface area contributed by atoms with Gasteiger partial charge in [0.05, 0.1) is 23.3 Å². The van der Waals surface area contributed by atoms with Crippen LogP contribution in [0.2, 0.25) is 0 Å². The molecule has 144 valence electrons. The molecule has 0 bridgehead atoms. The predicted octanol–water partition coefficient (Wildman–Crippen LogP) is 2.36. The van der Waals surface area contributed by atoms with Gasteiger partial charge in [-0.3, -0.25) is 9.59 Å². The Labute approximate surface area is 156 Å². The Hall–Kier alpha value is -2.48. The van der Waals surface area contributed by atoms with Crippen molar-refractivity contribution in [3.8, 4) is 0 Å². The van der Waals surface area contributed by atoms with Gasteiger partial charge in [-0.2, -0.15) is 0 Å². The number of aryl methyl sites for hydroxylation is 1. The van der Waals surface area contributed by atoms with E-state index in [9.17, 15) is 14.7 Å². The average molecular weight is 373 g/mol. The van der Waals surface area contributed by atoms with Gasteiger partial charge in [-0.15, -0.1) is 0 Å². The number of carbonyl (C=O) groups excluding carboxylic acids is 1. The zero-order valence-electron chi connectivity index (χ0n) is 15.5. The minimum absolute atomic E-state index is 0.0808. The molecule has 1 amide bonds. The van der Waals surface area contributed by atoms with Gasteiger partial charge in [-0.25, -0.2) is 4.98 Å². The Kier molecular flexibility index (Phi) is 4.38. The number of piperidine rings is 1. The van der Waals surface area contributed by atoms with E-state index < -0.39 is 11.4 Å². The largest absolute Gasteiger partial charge is 0.481 e. The van der Waals surface area contributed by atoms with Crippen molar-refractivity contribution in [1.29, 1.82) is 0 Å². The first-order valence-corrected chi connectivity index (χ1v) is 9.24. The molecule has 2 aromatic rings. The highest BCUT2D eigenvalue weighted by atomic mass is 16.5. The van der Waals surface area contributed by atoms with Crippen LogP contribution in [0.4, 0.5) is 0 Å². The number of methoxy groups -OCH3 is 1. The number of rotatable bonds is 5. The summed E-state index contributed by atoms with van der Waals surface area (Å²) in [6.45, 7) is 2.51. The van der Waals surface area contributed by atoms with Crippen LogP contribution >= 0.6 is 0 Å². The first-order valence-electron chi connectivity index (χ1n) is 9.24. The third kappa shape index (κ3) is 3.07. The molecular weight excluding hydrogens is 350 g/mol. The monoisotopic (exact) mass is 373 g/mol. The molecule has 0 aromatic carbocycles. The van der Waals surface area contributed by atoms with E-state index in [-0.39, 0.29) is 19.1 Å². The molecule has 8 heteroatoms. The molecule has 4 rings (SSSR count). The molecule has 8 nitrogen and oxygen atoms in total. The number of hydrogen-bond acceptors (Lipinski definition) is 6. The van der Waals surface area contributed by atoms with Crippen LogP contribution in [0.5, 0.6) is 0 Å². The van der Waals surface area contributed by atoms with Crippen LogP contribution in [-0.2, 0) is 9.53 Å². The maximum atomic E-state index is 13.4. The van der Waals surface area contributed by atoms with Crippen molar-refractivity contribution in [2.75, 3.05) is 26.8 Å². The number of carboxylic acid groups (broad SMARTS) is 1. The number of aliphatic carboxylic acids is 1. The van der Waals surface area contributed by atoms with Gasteiger partial charge in [-0.1, -0.05) is 5.16 Å². The van der Waals surface area contributed by atoms with E-state index in [0.717, 1.165) is 18.5 Å². The molecule has 1 aliphatic carbocycles. The lowest BCUT2D eigenvalue weighted by atomic mass is 9.80. The van der Waals surface area contributed by atoms with Crippen molar-refractivity contribution in [3.05, 3.63) is 23.0 Å². The summed E-state index contributed by atoms with van der Waals surface area (Å²) in [7, 11) is 1.49. The van der Waals surface area contributed by atoms with Crippen LogP contribution < -0.4 is 0 Å². The summed E-state index contributed by atoms with van der Waals surface area (Å²) in [5, 5.41) is 14.3. The van der Waals surface area contributed by atoms with Crippen molar-refractivity contribution in [2.24, 2.45) is 5.41 Å². The van der Waals surface area contributed by atoms with Crippen molar-refractivity contribution >= 4 is 23.0 Å². The molecule has 2 aliphatic rings. The zero-order chi connectivity index (χ0) is 19.2. The second-order valence-electron chi connectivity index (χ2n) is 7.67. The van der Waals surface area contributed by atoms with E-state index in [1.807, 2.05) is 6.07 Å². The van der Waals surface area contributed by atoms with E-state index in [0.29, 0.717) is 47.7 Å². The summed E-state index contributed by atoms with van der Waals surface area (Å²) in [6.07, 6.45) is 3.22. The molecule has 2 fully saturated rings. The Morgan fingerprint density at radius 1 is 1.44 bits per heavy atom. The minimum atomic E-state index is -1.07. The van der Waals surface area contributed by atoms with Crippen LogP contribution in [0.25, 0.3) is 11.1 Å². The number of amides is 1. The molecule has 1 unspecified atom stereocenters. The number of hydrogen-bond donors (Lipinski definition) is 1. The summed E-state index contributed by atoms with van der Waals surface area (Å²) in [6, 6.07) is 1.83. The van der Waals surface area contributed by atoms with Gasteiger partial charge in [0, 0.05) is 31.8 Å². The predicted molar refractivity (Wildman–Crippen MR) is 95.6 cm³/mol. The number of nitrogens with zero attached hydrogens (tertiary/aromatic N) is 3. The molecule has 3 heterocycles. The first-order chi connectivity index (χ1) is 12.9. The van der Waals surface area contributed by atoms with Crippen molar-refractivity contribution < 1.29 is 24.0 Å². The van der Waals surface area contributed by atoms with E-state index in [2.05, 4.69) is 10.1 Å². The number of carboxylic acids is 1. The third-order valence-corrected chi connectivity index (χ3v) is 5.60. The van der Waals surface area contributed by atoms with E-state index >= 15 is 0 Å². The highest BCUT2D eigenvalue weighted by Crippen LogP contribution is 2.41. The fraction of sp³-hybridized carbons (Fsp3) is 0.579. The number of likely N-dealkylation sites (tertiary alicyclic amines) is 1. The third-order valence-electron chi connectivity index (χ3n) is 5.60. The maximum absolute atomic E-state index is 13.4. The topological polar surface area (TPSA) is 106 Å². The van der Waals surface area contributed by atoms with Gasteiger partial charge in [0.1, 0.15) is 5.41 Å². The summed E-state index contributed by atoms with van der Waals surface area (Å²) >= 11 is 0. The fourth-order valence-electron chi connectivity index (χ4n) is 3.98. The molecule has 0 spiro atoms. The van der Waals surface area contributed by atoms with E-state index in [4.69, 9.17) is 9.26 Å². The lowest BCUT2D eigenvalue weighted by Crippen LogP contribution is -2.52. The Morgan fingerprint density at radius 2 is 2.22 bits per heavy atom. The van der Waals surface area contributed by atoms with Gasteiger partial charge < -0.3 is 19.3 Å². The normalized spacial score (nSPS) is 23.0. The average Bonchev–Trinajstić information content (AvgIpc) is 3.44. The first kappa shape index (κ1) is 17.9. The quantitative estimate of drug-likeness (QED) is 0.857. The van der Waals surface area contributed by atoms with Gasteiger partial charge >= 0.3 is 5.97 Å². The second-order valence-corrected chi connectivity index (χ2v) is 7.67. The minimum Gasteiger partial charge on any atom is -0.481 e. The van der Waals surface area contributed by atoms with Crippen molar-refractivity contribution in [2.45, 2.75) is 38.5 Å². The van der Waals surface area contributed by atoms with Gasteiger partial charge in [0.15, 0.2) is 0 Å². The highest BCUT2D eigenvalue weighted by Gasteiger charge is 2.44. The Balaban J connectivity index is 1.72. The number of pyridine rings is 1. The zero-order valence-corrected chi connectivity index (χ0v) is 15.5. The maximum Gasteiger partial charge on any atom is 0.313 e. The smallest absolute Gasteiger partial charge is 0.313 e. The Morgan fingerprint density at radius 3 is 2.89 bits per heavy atom. The molecular formula is C19H23N3O5. The number of fused-ring (bicyclic) bond motifs is 1. The molecule has 1 N–H and O–H groups in total. The van der Waals surface area contributed by atoms with E-state index in [1.165, 1.54) is 7.11 Å². The molecule has 2 aromatic heterocycles. The molecule has 1 saturated carbocycles. The summed E-state index contributed by atoms with van der Waals surface area (Å²) in [5.41, 5.74) is 1.26. The summed E-state index contributed by atoms with van der Waals surface area (Å²) < 4.78 is 10.5. The van der Waals surface area contributed by atoms with Gasteiger partial charge in [-0.05, 0) is 38.7 Å². The number of carbonyl (C=O) groups is 2. The molecule has 27 heavy (non-hydrogen) atoms. The molecule has 1 atom stereocenters.